The Kier molecular flexibility index (Phi) is 14.8. The van der Waals surface area contributed by atoms with Gasteiger partial charge in [0.25, 0.3) is 0 Å². The molecule has 4 heterocycles. The van der Waals surface area contributed by atoms with Crippen LogP contribution in [0.5, 0.6) is 0 Å². The summed E-state index contributed by atoms with van der Waals surface area (Å²) in [6, 6.07) is 146. The quantitative estimate of drug-likeness (QED) is 0.0943. The fourth-order valence-corrected chi connectivity index (χ4v) is 22.5. The number of para-hydroxylation sites is 8. The SMILES string of the molecule is c1ccc(N(c2ccccc2)c2cc3c4c(c2)N(c2ccccc2)c2ccccc2B4c2cc4c(c(-c5c(-c6c7ccccc7cc7ccccc67)cccc5-c5c6ccccc6cc6ccccc56)c2S3)[Se]c2cc(N(c3ccccc3)c3ccccc3)cc3c2B4c2ccccc2N3c2ccccc2)cc1. The zero-order chi connectivity index (χ0) is 70.9. The second-order valence-electron chi connectivity index (χ2n) is 28.5. The number of anilines is 12. The van der Waals surface area contributed by atoms with E-state index in [9.17, 15) is 0 Å². The third-order valence-corrected chi connectivity index (χ3v) is 26.3. The summed E-state index contributed by atoms with van der Waals surface area (Å²) in [7, 11) is 0. The maximum atomic E-state index is 2.76. The second-order valence-corrected chi connectivity index (χ2v) is 31.8. The van der Waals surface area contributed by atoms with Crippen molar-refractivity contribution in [3.63, 3.8) is 0 Å². The molecule has 502 valence electrons. The van der Waals surface area contributed by atoms with Crippen molar-refractivity contribution in [3.05, 3.63) is 388 Å². The Morgan fingerprint density at radius 1 is 0.259 bits per heavy atom. The Hall–Kier alpha value is -12.8. The fourth-order valence-electron chi connectivity index (χ4n) is 18.2. The molecule has 4 aliphatic heterocycles. The monoisotopic (exact) mass is 1450 g/mol. The molecule has 18 aromatic carbocycles. The van der Waals surface area contributed by atoms with Gasteiger partial charge >= 0.3 is 644 Å². The summed E-state index contributed by atoms with van der Waals surface area (Å²) in [5.74, 6) is 0. The van der Waals surface area contributed by atoms with Crippen molar-refractivity contribution in [2.45, 2.75) is 9.79 Å². The van der Waals surface area contributed by atoms with Gasteiger partial charge in [-0.2, -0.15) is 0 Å². The number of hydrogen-bond donors (Lipinski definition) is 0. The fraction of sp³-hybridized carbons (Fsp3) is 0. The van der Waals surface area contributed by atoms with Gasteiger partial charge in [-0.25, -0.2) is 0 Å². The molecule has 0 aromatic heterocycles. The van der Waals surface area contributed by atoms with Crippen LogP contribution in [-0.4, -0.2) is 28.4 Å². The molecule has 0 unspecified atom stereocenters. The van der Waals surface area contributed by atoms with Crippen molar-refractivity contribution in [2.24, 2.45) is 0 Å². The van der Waals surface area contributed by atoms with Crippen LogP contribution in [0.4, 0.5) is 68.2 Å². The first-order valence-electron chi connectivity index (χ1n) is 37.2. The number of benzene rings is 18. The Morgan fingerprint density at radius 3 is 1.07 bits per heavy atom. The van der Waals surface area contributed by atoms with Crippen LogP contribution < -0.4 is 61.3 Å². The molecule has 0 saturated carbocycles. The first-order valence-corrected chi connectivity index (χ1v) is 39.7. The first kappa shape index (κ1) is 62.6. The van der Waals surface area contributed by atoms with E-state index in [0.717, 1.165) is 45.5 Å². The van der Waals surface area contributed by atoms with E-state index in [2.05, 4.69) is 408 Å². The average Bonchev–Trinajstić information content (AvgIpc) is 0.683. The molecular weight excluding hydrogens is 1390 g/mol. The number of fused-ring (bicyclic) bond motifs is 12. The summed E-state index contributed by atoms with van der Waals surface area (Å²) >= 11 is 1.64. The molecule has 0 saturated heterocycles. The van der Waals surface area contributed by atoms with Crippen molar-refractivity contribution in [1.29, 1.82) is 0 Å². The van der Waals surface area contributed by atoms with E-state index in [4.69, 9.17) is 0 Å². The normalized spacial score (nSPS) is 12.9. The molecule has 0 amide bonds. The Bertz CT molecular complexity index is 6080. The minimum absolute atomic E-state index is 0.178. The van der Waals surface area contributed by atoms with E-state index in [1.165, 1.54) is 151 Å². The van der Waals surface area contributed by atoms with Gasteiger partial charge < -0.3 is 0 Å². The van der Waals surface area contributed by atoms with E-state index in [1.54, 1.807) is 0 Å². The van der Waals surface area contributed by atoms with Crippen molar-refractivity contribution in [1.82, 2.24) is 0 Å². The van der Waals surface area contributed by atoms with E-state index in [1.807, 2.05) is 11.8 Å². The standard InChI is InChI=1S/C100H64B2N4SSe/c1-7-36-69(37-8-1)103(70-38-9-2-10-39-70)75-60-89-97-91(62-75)107-99-85(101(97)83-54-27-29-56-87(83)105(89)73-44-15-5-16-45-73)64-86-100(108-92-63-76(104(71-40-11-3-12-41-71)72-42-13-4-14-43-72)61-90-98(92)102(86)84-55-28-30-57-88(84)106(90)74-46-17-6-18-47-74)96(99)95-81(93-77-48-23-19-32-65(77)58-66-33-20-24-49-78(66)93)52-31-53-82(95)94-79-50-25-21-34-67(79)59-68-35-22-26-51-80(68)94/h1-64H. The zero-order valence-electron chi connectivity index (χ0n) is 58.7. The molecule has 0 aliphatic carbocycles. The Labute approximate surface area is 639 Å². The predicted octanol–water partition coefficient (Wildman–Crippen LogP) is 21.3. The van der Waals surface area contributed by atoms with Gasteiger partial charge in [-0.1, -0.05) is 0 Å². The van der Waals surface area contributed by atoms with Crippen LogP contribution in [-0.2, 0) is 0 Å². The van der Waals surface area contributed by atoms with Crippen molar-refractivity contribution in [3.8, 4) is 33.4 Å². The van der Waals surface area contributed by atoms with E-state index in [-0.39, 0.29) is 28.4 Å². The minimum atomic E-state index is -0.351. The molecule has 108 heavy (non-hydrogen) atoms. The Balaban J connectivity index is 0.931. The van der Waals surface area contributed by atoms with E-state index >= 15 is 0 Å². The topological polar surface area (TPSA) is 13.0 Å². The van der Waals surface area contributed by atoms with Gasteiger partial charge in [-0.3, -0.25) is 0 Å². The molecule has 0 fully saturated rings. The van der Waals surface area contributed by atoms with Crippen molar-refractivity contribution < 1.29 is 0 Å². The van der Waals surface area contributed by atoms with E-state index < -0.39 is 0 Å². The number of nitrogens with zero attached hydrogens (tertiary/aromatic N) is 4. The summed E-state index contributed by atoms with van der Waals surface area (Å²) in [6.45, 7) is -0.377. The third-order valence-electron chi connectivity index (χ3n) is 22.6. The van der Waals surface area contributed by atoms with Crippen LogP contribution in [0.1, 0.15) is 0 Å². The van der Waals surface area contributed by atoms with Crippen LogP contribution in [0.15, 0.2) is 398 Å². The maximum absolute atomic E-state index is 2.76. The molecule has 4 aliphatic rings. The van der Waals surface area contributed by atoms with Gasteiger partial charge in [0, 0.05) is 0 Å². The van der Waals surface area contributed by atoms with Crippen molar-refractivity contribution in [2.75, 3.05) is 19.6 Å². The summed E-state index contributed by atoms with van der Waals surface area (Å²) < 4.78 is 2.76. The van der Waals surface area contributed by atoms with Gasteiger partial charge in [0.1, 0.15) is 0 Å². The second kappa shape index (κ2) is 25.5. The number of hydrogen-bond acceptors (Lipinski definition) is 5. The molecule has 0 radical (unpaired) electrons. The van der Waals surface area contributed by atoms with Crippen LogP contribution in [0, 0.1) is 0 Å². The molecule has 8 heteroatoms. The molecule has 18 aromatic rings. The molecule has 0 spiro atoms. The molecular formula is C100H64B2N4SSe. The first-order chi connectivity index (χ1) is 53.6. The third kappa shape index (κ3) is 9.88. The van der Waals surface area contributed by atoms with Crippen LogP contribution >= 0.6 is 11.8 Å². The predicted molar refractivity (Wildman–Crippen MR) is 463 cm³/mol. The van der Waals surface area contributed by atoms with Gasteiger partial charge in [0.2, 0.25) is 0 Å². The Morgan fingerprint density at radius 2 is 0.630 bits per heavy atom. The molecule has 0 atom stereocenters. The molecule has 0 N–H and O–H groups in total. The zero-order valence-corrected chi connectivity index (χ0v) is 61.2. The molecule has 0 bridgehead atoms. The summed E-state index contributed by atoms with van der Waals surface area (Å²) in [5, 5.41) is 9.74. The van der Waals surface area contributed by atoms with Crippen LogP contribution in [0.3, 0.4) is 0 Å². The van der Waals surface area contributed by atoms with Gasteiger partial charge in [0.15, 0.2) is 0 Å². The average molecular weight is 1450 g/mol. The summed E-state index contributed by atoms with van der Waals surface area (Å²) in [5.41, 5.74) is 28.9. The van der Waals surface area contributed by atoms with Gasteiger partial charge in [-0.05, 0) is 0 Å². The van der Waals surface area contributed by atoms with E-state index in [0.29, 0.717) is 0 Å². The van der Waals surface area contributed by atoms with Crippen molar-refractivity contribution >= 4 is 193 Å². The summed E-state index contributed by atoms with van der Waals surface area (Å²) in [6.07, 6.45) is 0. The van der Waals surface area contributed by atoms with Gasteiger partial charge in [-0.15, -0.1) is 0 Å². The summed E-state index contributed by atoms with van der Waals surface area (Å²) in [4.78, 5) is 12.6. The van der Waals surface area contributed by atoms with Crippen LogP contribution in [0.2, 0.25) is 0 Å². The molecule has 4 nitrogen and oxygen atoms in total. The molecule has 22 rings (SSSR count). The van der Waals surface area contributed by atoms with Gasteiger partial charge in [0.05, 0.1) is 0 Å². The number of rotatable bonds is 11. The van der Waals surface area contributed by atoms with Crippen LogP contribution in [0.25, 0.3) is 76.5 Å².